The van der Waals surface area contributed by atoms with Gasteiger partial charge < -0.3 is 10.1 Å². The molecule has 3 rings (SSSR count). The second kappa shape index (κ2) is 7.06. The molecule has 2 atom stereocenters. The summed E-state index contributed by atoms with van der Waals surface area (Å²) in [5.74, 6) is -0.466. The Hall–Kier alpha value is -2.67. The number of amides is 1. The van der Waals surface area contributed by atoms with E-state index in [0.717, 1.165) is 11.3 Å². The number of hydrogen-bond acceptors (Lipinski definition) is 5. The van der Waals surface area contributed by atoms with Gasteiger partial charge in [-0.3, -0.25) is 19.2 Å². The number of esters is 1. The summed E-state index contributed by atoms with van der Waals surface area (Å²) in [6, 6.07) is 11.1. The van der Waals surface area contributed by atoms with E-state index in [1.165, 1.54) is 7.11 Å². The highest BCUT2D eigenvalue weighted by Crippen LogP contribution is 2.20. The van der Waals surface area contributed by atoms with Crippen LogP contribution < -0.4 is 5.32 Å². The Morgan fingerprint density at radius 1 is 1.24 bits per heavy atom. The van der Waals surface area contributed by atoms with Gasteiger partial charge in [-0.1, -0.05) is 30.3 Å². The van der Waals surface area contributed by atoms with Crippen molar-refractivity contribution in [3.8, 4) is 11.3 Å². The SMILES string of the molecule is COC(=O)[C@@H]1C[C@H](NC(=O)c2cc(-c3ccccc3)nn2C)CN1C. The topological polar surface area (TPSA) is 76.5 Å². The molecule has 7 nitrogen and oxygen atoms in total. The van der Waals surface area contributed by atoms with E-state index in [1.54, 1.807) is 17.8 Å². The number of nitrogens with zero attached hydrogens (tertiary/aromatic N) is 3. The summed E-state index contributed by atoms with van der Waals surface area (Å²) in [6.45, 7) is 0.606. The number of methoxy groups -OCH3 is 1. The van der Waals surface area contributed by atoms with E-state index >= 15 is 0 Å². The molecule has 0 saturated carbocycles. The lowest BCUT2D eigenvalue weighted by molar-refractivity contribution is -0.145. The smallest absolute Gasteiger partial charge is 0.323 e. The number of nitrogens with one attached hydrogen (secondary N) is 1. The summed E-state index contributed by atoms with van der Waals surface area (Å²) in [6.07, 6.45) is 0.540. The highest BCUT2D eigenvalue weighted by molar-refractivity contribution is 5.94. The summed E-state index contributed by atoms with van der Waals surface area (Å²) in [7, 11) is 4.98. The molecule has 1 amide bonds. The van der Waals surface area contributed by atoms with Crippen LogP contribution in [0.3, 0.4) is 0 Å². The molecule has 1 aromatic heterocycles. The molecular formula is C18H22N4O3. The molecule has 1 aliphatic heterocycles. The molecule has 1 aromatic carbocycles. The molecule has 0 bridgehead atoms. The fraction of sp³-hybridized carbons (Fsp3) is 0.389. The van der Waals surface area contributed by atoms with Gasteiger partial charge in [0.1, 0.15) is 11.7 Å². The minimum Gasteiger partial charge on any atom is -0.468 e. The first-order valence-corrected chi connectivity index (χ1v) is 8.18. The molecule has 7 heteroatoms. The molecular weight excluding hydrogens is 320 g/mol. The van der Waals surface area contributed by atoms with Crippen molar-refractivity contribution in [3.63, 3.8) is 0 Å². The summed E-state index contributed by atoms with van der Waals surface area (Å²) in [4.78, 5) is 26.3. The predicted octanol–water partition coefficient (Wildman–Crippen LogP) is 1.06. The Morgan fingerprint density at radius 3 is 2.64 bits per heavy atom. The van der Waals surface area contributed by atoms with Gasteiger partial charge in [0, 0.05) is 25.2 Å². The third-order valence-electron chi connectivity index (χ3n) is 4.54. The third kappa shape index (κ3) is 3.56. The second-order valence-corrected chi connectivity index (χ2v) is 6.29. The van der Waals surface area contributed by atoms with Crippen molar-refractivity contribution in [1.82, 2.24) is 20.0 Å². The first-order valence-electron chi connectivity index (χ1n) is 8.18. The average molecular weight is 342 g/mol. The highest BCUT2D eigenvalue weighted by Gasteiger charge is 2.36. The minimum atomic E-state index is -0.318. The average Bonchev–Trinajstić information content (AvgIpc) is 3.17. The van der Waals surface area contributed by atoms with E-state index in [4.69, 9.17) is 4.74 Å². The van der Waals surface area contributed by atoms with Gasteiger partial charge in [-0.25, -0.2) is 0 Å². The zero-order chi connectivity index (χ0) is 18.0. The van der Waals surface area contributed by atoms with E-state index in [-0.39, 0.29) is 24.0 Å². The molecule has 25 heavy (non-hydrogen) atoms. The predicted molar refractivity (Wildman–Crippen MR) is 92.9 cm³/mol. The number of likely N-dealkylation sites (N-methyl/N-ethyl adjacent to an activating group) is 1. The van der Waals surface area contributed by atoms with Crippen LogP contribution in [0.5, 0.6) is 0 Å². The van der Waals surface area contributed by atoms with Crippen molar-refractivity contribution >= 4 is 11.9 Å². The van der Waals surface area contributed by atoms with Crippen molar-refractivity contribution in [3.05, 3.63) is 42.1 Å². The lowest BCUT2D eigenvalue weighted by atomic mass is 10.1. The zero-order valence-corrected chi connectivity index (χ0v) is 14.6. The first-order chi connectivity index (χ1) is 12.0. The molecule has 1 saturated heterocycles. The van der Waals surface area contributed by atoms with Crippen LogP contribution in [-0.4, -0.2) is 59.3 Å². The van der Waals surface area contributed by atoms with Gasteiger partial charge >= 0.3 is 5.97 Å². The number of carbonyl (C=O) groups excluding carboxylic acids is 2. The van der Waals surface area contributed by atoms with Gasteiger partial charge in [-0.15, -0.1) is 0 Å². The Bertz CT molecular complexity index is 772. The number of aryl methyl sites for hydroxylation is 1. The van der Waals surface area contributed by atoms with Crippen molar-refractivity contribution in [2.75, 3.05) is 20.7 Å². The third-order valence-corrected chi connectivity index (χ3v) is 4.54. The largest absolute Gasteiger partial charge is 0.468 e. The van der Waals surface area contributed by atoms with E-state index in [2.05, 4.69) is 10.4 Å². The fourth-order valence-electron chi connectivity index (χ4n) is 3.20. The number of rotatable bonds is 4. The summed E-state index contributed by atoms with van der Waals surface area (Å²) < 4.78 is 6.38. The molecule has 0 spiro atoms. The first kappa shape index (κ1) is 17.2. The molecule has 132 valence electrons. The molecule has 2 aromatic rings. The van der Waals surface area contributed by atoms with Crippen LogP contribution in [-0.2, 0) is 16.6 Å². The van der Waals surface area contributed by atoms with Crippen LogP contribution in [0, 0.1) is 0 Å². The van der Waals surface area contributed by atoms with E-state index in [1.807, 2.05) is 42.3 Å². The van der Waals surface area contributed by atoms with E-state index in [0.29, 0.717) is 18.7 Å². The molecule has 1 fully saturated rings. The lowest BCUT2D eigenvalue weighted by Gasteiger charge is -2.15. The number of benzene rings is 1. The molecule has 0 aliphatic carbocycles. The highest BCUT2D eigenvalue weighted by atomic mass is 16.5. The van der Waals surface area contributed by atoms with Crippen molar-refractivity contribution in [2.24, 2.45) is 7.05 Å². The van der Waals surface area contributed by atoms with Crippen molar-refractivity contribution < 1.29 is 14.3 Å². The zero-order valence-electron chi connectivity index (χ0n) is 14.6. The second-order valence-electron chi connectivity index (χ2n) is 6.29. The van der Waals surface area contributed by atoms with Gasteiger partial charge in [0.15, 0.2) is 0 Å². The molecule has 0 radical (unpaired) electrons. The summed E-state index contributed by atoms with van der Waals surface area (Å²) in [5, 5.41) is 7.41. The summed E-state index contributed by atoms with van der Waals surface area (Å²) in [5.41, 5.74) is 2.20. The maximum absolute atomic E-state index is 12.6. The Labute approximate surface area is 146 Å². The Balaban J connectivity index is 1.70. The van der Waals surface area contributed by atoms with Gasteiger partial charge in [0.25, 0.3) is 5.91 Å². The lowest BCUT2D eigenvalue weighted by Crippen LogP contribution is -2.37. The number of ether oxygens (including phenoxy) is 1. The van der Waals surface area contributed by atoms with Gasteiger partial charge in [-0.05, 0) is 19.5 Å². The maximum Gasteiger partial charge on any atom is 0.323 e. The van der Waals surface area contributed by atoms with Crippen LogP contribution >= 0.6 is 0 Å². The molecule has 1 aliphatic rings. The molecule has 2 heterocycles. The normalized spacial score (nSPS) is 20.4. The number of aromatic nitrogens is 2. The van der Waals surface area contributed by atoms with Crippen LogP contribution in [0.15, 0.2) is 36.4 Å². The van der Waals surface area contributed by atoms with Crippen LogP contribution in [0.25, 0.3) is 11.3 Å². The van der Waals surface area contributed by atoms with Gasteiger partial charge in [0.2, 0.25) is 0 Å². The molecule has 1 N–H and O–H groups in total. The van der Waals surface area contributed by atoms with Crippen LogP contribution in [0.1, 0.15) is 16.9 Å². The quantitative estimate of drug-likeness (QED) is 0.841. The number of carbonyl (C=O) groups is 2. The van der Waals surface area contributed by atoms with E-state index < -0.39 is 0 Å². The maximum atomic E-state index is 12.6. The monoisotopic (exact) mass is 342 g/mol. The number of hydrogen-bond donors (Lipinski definition) is 1. The molecule has 0 unspecified atom stereocenters. The van der Waals surface area contributed by atoms with Crippen LogP contribution in [0.2, 0.25) is 0 Å². The van der Waals surface area contributed by atoms with Crippen LogP contribution in [0.4, 0.5) is 0 Å². The Kier molecular flexibility index (Phi) is 4.85. The Morgan fingerprint density at radius 2 is 1.96 bits per heavy atom. The van der Waals surface area contributed by atoms with Crippen molar-refractivity contribution in [1.29, 1.82) is 0 Å². The van der Waals surface area contributed by atoms with E-state index in [9.17, 15) is 9.59 Å². The summed E-state index contributed by atoms with van der Waals surface area (Å²) >= 11 is 0. The fourth-order valence-corrected chi connectivity index (χ4v) is 3.20. The number of likely N-dealkylation sites (tertiary alicyclic amines) is 1. The van der Waals surface area contributed by atoms with Gasteiger partial charge in [-0.2, -0.15) is 5.10 Å². The minimum absolute atomic E-state index is 0.100. The standard InChI is InChI=1S/C18H22N4O3/c1-21-11-13(9-16(21)18(24)25-3)19-17(23)15-10-14(20-22(15)2)12-7-5-4-6-8-12/h4-8,10,13,16H,9,11H2,1-3H3,(H,19,23)/t13-,16-/m0/s1. The van der Waals surface area contributed by atoms with Crippen molar-refractivity contribution in [2.45, 2.75) is 18.5 Å². The van der Waals surface area contributed by atoms with Gasteiger partial charge in [0.05, 0.1) is 12.8 Å².